The molecule has 1 aromatic carbocycles. The van der Waals surface area contributed by atoms with E-state index in [1.54, 1.807) is 0 Å². The average Bonchev–Trinajstić information content (AvgIpc) is 2.56. The highest BCUT2D eigenvalue weighted by molar-refractivity contribution is 6.30. The highest BCUT2D eigenvalue weighted by Gasteiger charge is 2.21. The van der Waals surface area contributed by atoms with Gasteiger partial charge in [0, 0.05) is 24.2 Å². The van der Waals surface area contributed by atoms with Crippen molar-refractivity contribution in [2.75, 3.05) is 19.6 Å². The Bertz CT molecular complexity index is 337. The largest absolute Gasteiger partial charge is 0.329 e. The lowest BCUT2D eigenvalue weighted by Gasteiger charge is -2.29. The molecule has 1 fully saturated rings. The Labute approximate surface area is 109 Å². The molecule has 0 saturated carbocycles. The van der Waals surface area contributed by atoms with Gasteiger partial charge in [-0.2, -0.15) is 0 Å². The highest BCUT2D eigenvalue weighted by Crippen LogP contribution is 2.30. The summed E-state index contributed by atoms with van der Waals surface area (Å²) in [5.74, 6) is 0. The Morgan fingerprint density at radius 3 is 2.65 bits per heavy atom. The molecule has 1 aliphatic heterocycles. The summed E-state index contributed by atoms with van der Waals surface area (Å²) >= 11 is 5.95. The van der Waals surface area contributed by atoms with Gasteiger partial charge >= 0.3 is 0 Å². The zero-order chi connectivity index (χ0) is 12.1. The number of nitrogens with two attached hydrogens (primary N) is 1. The van der Waals surface area contributed by atoms with E-state index < -0.39 is 0 Å². The fourth-order valence-electron chi connectivity index (χ4n) is 2.66. The van der Waals surface area contributed by atoms with Gasteiger partial charge in [0.05, 0.1) is 0 Å². The van der Waals surface area contributed by atoms with Crippen molar-refractivity contribution in [3.63, 3.8) is 0 Å². The lowest BCUT2D eigenvalue weighted by Crippen LogP contribution is -2.33. The molecule has 1 unspecified atom stereocenters. The molecule has 2 nitrogen and oxygen atoms in total. The van der Waals surface area contributed by atoms with E-state index in [4.69, 9.17) is 17.3 Å². The number of halogens is 1. The van der Waals surface area contributed by atoms with Crippen LogP contribution in [-0.4, -0.2) is 24.5 Å². The second kappa shape index (κ2) is 6.39. The molecule has 2 rings (SSSR count). The standard InChI is InChI=1S/C14H21ClN2/c15-13-7-5-12(6-8-13)14-4-2-1-3-10-17(14)11-9-16/h5-8,14H,1-4,9-11,16H2. The van der Waals surface area contributed by atoms with Crippen LogP contribution in [0, 0.1) is 0 Å². The molecule has 0 spiro atoms. The molecular formula is C14H21ClN2. The number of hydrogen-bond acceptors (Lipinski definition) is 2. The summed E-state index contributed by atoms with van der Waals surface area (Å²) in [5, 5.41) is 0.813. The molecule has 3 heteroatoms. The van der Waals surface area contributed by atoms with Gasteiger partial charge in [-0.15, -0.1) is 0 Å². The van der Waals surface area contributed by atoms with Crippen LogP contribution in [0.2, 0.25) is 5.02 Å². The monoisotopic (exact) mass is 252 g/mol. The van der Waals surface area contributed by atoms with E-state index in [-0.39, 0.29) is 0 Å². The van der Waals surface area contributed by atoms with E-state index in [2.05, 4.69) is 17.0 Å². The summed E-state index contributed by atoms with van der Waals surface area (Å²) in [6.45, 7) is 2.90. The number of nitrogens with zero attached hydrogens (tertiary/aromatic N) is 1. The predicted octanol–water partition coefficient (Wildman–Crippen LogP) is 3.22. The first-order valence-corrected chi connectivity index (χ1v) is 6.88. The van der Waals surface area contributed by atoms with Crippen molar-refractivity contribution in [2.24, 2.45) is 5.73 Å². The van der Waals surface area contributed by atoms with Crippen LogP contribution < -0.4 is 5.73 Å². The molecule has 17 heavy (non-hydrogen) atoms. The molecule has 0 aromatic heterocycles. The van der Waals surface area contributed by atoms with Crippen LogP contribution in [0.5, 0.6) is 0 Å². The lowest BCUT2D eigenvalue weighted by molar-refractivity contribution is 0.207. The molecule has 1 aliphatic rings. The van der Waals surface area contributed by atoms with E-state index in [1.807, 2.05) is 12.1 Å². The van der Waals surface area contributed by atoms with Crippen LogP contribution in [0.15, 0.2) is 24.3 Å². The van der Waals surface area contributed by atoms with Gasteiger partial charge in [-0.3, -0.25) is 4.90 Å². The van der Waals surface area contributed by atoms with Gasteiger partial charge in [-0.25, -0.2) is 0 Å². The summed E-state index contributed by atoms with van der Waals surface area (Å²) in [6.07, 6.45) is 5.19. The highest BCUT2D eigenvalue weighted by atomic mass is 35.5. The third-order valence-corrected chi connectivity index (χ3v) is 3.79. The Hall–Kier alpha value is -0.570. The summed E-state index contributed by atoms with van der Waals surface area (Å²) in [6, 6.07) is 8.81. The minimum Gasteiger partial charge on any atom is -0.329 e. The van der Waals surface area contributed by atoms with Gasteiger partial charge in [0.15, 0.2) is 0 Å². The second-order valence-corrected chi connectivity index (χ2v) is 5.18. The molecule has 1 aromatic rings. The number of likely N-dealkylation sites (tertiary alicyclic amines) is 1. The Morgan fingerprint density at radius 2 is 1.94 bits per heavy atom. The first-order valence-electron chi connectivity index (χ1n) is 6.51. The van der Waals surface area contributed by atoms with Crippen molar-refractivity contribution in [2.45, 2.75) is 31.7 Å². The fourth-order valence-corrected chi connectivity index (χ4v) is 2.79. The normalized spacial score (nSPS) is 22.4. The number of hydrogen-bond donors (Lipinski definition) is 1. The van der Waals surface area contributed by atoms with Crippen LogP contribution in [0.4, 0.5) is 0 Å². The van der Waals surface area contributed by atoms with E-state index in [0.717, 1.165) is 18.1 Å². The SMILES string of the molecule is NCCN1CCCCCC1c1ccc(Cl)cc1. The maximum absolute atomic E-state index is 5.95. The van der Waals surface area contributed by atoms with Crippen molar-refractivity contribution in [1.82, 2.24) is 4.90 Å². The molecular weight excluding hydrogens is 232 g/mol. The summed E-state index contributed by atoms with van der Waals surface area (Å²) in [5.41, 5.74) is 7.09. The molecule has 1 atom stereocenters. The molecule has 94 valence electrons. The first kappa shape index (κ1) is 12.9. The van der Waals surface area contributed by atoms with Gasteiger partial charge in [-0.05, 0) is 37.1 Å². The van der Waals surface area contributed by atoms with Gasteiger partial charge in [0.2, 0.25) is 0 Å². The predicted molar refractivity (Wildman–Crippen MR) is 73.3 cm³/mol. The van der Waals surface area contributed by atoms with E-state index >= 15 is 0 Å². The molecule has 0 amide bonds. The molecule has 1 saturated heterocycles. The van der Waals surface area contributed by atoms with Crippen LogP contribution >= 0.6 is 11.6 Å². The fraction of sp³-hybridized carbons (Fsp3) is 0.571. The molecule has 1 heterocycles. The van der Waals surface area contributed by atoms with Crippen molar-refractivity contribution in [1.29, 1.82) is 0 Å². The van der Waals surface area contributed by atoms with Crippen LogP contribution in [0.3, 0.4) is 0 Å². The van der Waals surface area contributed by atoms with Crippen molar-refractivity contribution in [3.05, 3.63) is 34.9 Å². The zero-order valence-corrected chi connectivity index (χ0v) is 11.0. The van der Waals surface area contributed by atoms with Crippen molar-refractivity contribution < 1.29 is 0 Å². The maximum atomic E-state index is 5.95. The summed E-state index contributed by atoms with van der Waals surface area (Å²) in [4.78, 5) is 2.52. The van der Waals surface area contributed by atoms with Gasteiger partial charge in [-0.1, -0.05) is 36.6 Å². The summed E-state index contributed by atoms with van der Waals surface area (Å²) < 4.78 is 0. The van der Waals surface area contributed by atoms with Crippen LogP contribution in [-0.2, 0) is 0 Å². The van der Waals surface area contributed by atoms with Gasteiger partial charge in [0.1, 0.15) is 0 Å². The Morgan fingerprint density at radius 1 is 1.18 bits per heavy atom. The van der Waals surface area contributed by atoms with Crippen LogP contribution in [0.1, 0.15) is 37.3 Å². The lowest BCUT2D eigenvalue weighted by atomic mass is 10.0. The topological polar surface area (TPSA) is 29.3 Å². The first-order chi connectivity index (χ1) is 8.31. The molecule has 2 N–H and O–H groups in total. The van der Waals surface area contributed by atoms with Crippen LogP contribution in [0.25, 0.3) is 0 Å². The zero-order valence-electron chi connectivity index (χ0n) is 10.2. The quantitative estimate of drug-likeness (QED) is 0.895. The van der Waals surface area contributed by atoms with E-state index in [1.165, 1.54) is 37.8 Å². The average molecular weight is 253 g/mol. The maximum Gasteiger partial charge on any atom is 0.0406 e. The number of benzene rings is 1. The smallest absolute Gasteiger partial charge is 0.0406 e. The van der Waals surface area contributed by atoms with Gasteiger partial charge in [0.25, 0.3) is 0 Å². The third-order valence-electron chi connectivity index (χ3n) is 3.53. The van der Waals surface area contributed by atoms with Gasteiger partial charge < -0.3 is 5.73 Å². The minimum absolute atomic E-state index is 0.526. The second-order valence-electron chi connectivity index (χ2n) is 4.74. The third kappa shape index (κ3) is 3.44. The van der Waals surface area contributed by atoms with Crippen molar-refractivity contribution >= 4 is 11.6 Å². The number of rotatable bonds is 3. The van der Waals surface area contributed by atoms with E-state index in [9.17, 15) is 0 Å². The molecule has 0 aliphatic carbocycles. The minimum atomic E-state index is 0.526. The summed E-state index contributed by atoms with van der Waals surface area (Å²) in [7, 11) is 0. The Balaban J connectivity index is 2.16. The molecule has 0 bridgehead atoms. The Kier molecular flexibility index (Phi) is 4.84. The van der Waals surface area contributed by atoms with Crippen molar-refractivity contribution in [3.8, 4) is 0 Å². The molecule has 0 radical (unpaired) electrons. The van der Waals surface area contributed by atoms with E-state index in [0.29, 0.717) is 6.04 Å².